The Hall–Kier alpha value is -1.95. The Morgan fingerprint density at radius 2 is 1.83 bits per heavy atom. The largest absolute Gasteiger partial charge is 0.354 e. The average molecular weight is 333 g/mol. The molecule has 0 bridgehead atoms. The molecule has 1 atom stereocenters. The lowest BCUT2D eigenvalue weighted by Gasteiger charge is -2.26. The zero-order chi connectivity index (χ0) is 16.9. The van der Waals surface area contributed by atoms with Crippen LogP contribution in [0.3, 0.4) is 0 Å². The SMILES string of the molecule is O=C(NCCN1CCCCC1)C1CCN(c2ccc(F)cc2)C1=O. The fourth-order valence-electron chi connectivity index (χ4n) is 3.44. The standard InChI is InChI=1S/C18H24FN3O2/c19-14-4-6-15(7-5-14)22-12-8-16(18(22)24)17(23)20-9-13-21-10-2-1-3-11-21/h4-7,16H,1-3,8-13H2,(H,20,23). The Labute approximate surface area is 141 Å². The van der Waals surface area contributed by atoms with E-state index in [1.54, 1.807) is 17.0 Å². The molecule has 0 saturated carbocycles. The summed E-state index contributed by atoms with van der Waals surface area (Å²) in [6.45, 7) is 4.11. The summed E-state index contributed by atoms with van der Waals surface area (Å²) in [5.74, 6) is -1.35. The number of anilines is 1. The number of piperidine rings is 1. The first kappa shape index (κ1) is 16.9. The molecule has 1 N–H and O–H groups in total. The minimum atomic E-state index is -0.628. The highest BCUT2D eigenvalue weighted by atomic mass is 19.1. The zero-order valence-electron chi connectivity index (χ0n) is 13.8. The first-order valence-corrected chi connectivity index (χ1v) is 8.72. The molecule has 0 spiro atoms. The van der Waals surface area contributed by atoms with E-state index in [4.69, 9.17) is 0 Å². The second-order valence-corrected chi connectivity index (χ2v) is 6.50. The summed E-state index contributed by atoms with van der Waals surface area (Å²) in [4.78, 5) is 28.7. The minimum absolute atomic E-state index is 0.193. The van der Waals surface area contributed by atoms with Gasteiger partial charge in [0.15, 0.2) is 0 Å². The number of benzene rings is 1. The van der Waals surface area contributed by atoms with Gasteiger partial charge in [-0.25, -0.2) is 4.39 Å². The molecule has 2 aliphatic rings. The van der Waals surface area contributed by atoms with Crippen molar-refractivity contribution in [3.8, 4) is 0 Å². The Bertz CT molecular complexity index is 584. The third kappa shape index (κ3) is 3.93. The van der Waals surface area contributed by atoms with Crippen LogP contribution in [0.2, 0.25) is 0 Å². The van der Waals surface area contributed by atoms with Crippen LogP contribution < -0.4 is 10.2 Å². The summed E-state index contributed by atoms with van der Waals surface area (Å²) in [5.41, 5.74) is 0.644. The first-order valence-electron chi connectivity index (χ1n) is 8.72. The van der Waals surface area contributed by atoms with Crippen LogP contribution in [0.5, 0.6) is 0 Å². The molecule has 1 aromatic rings. The maximum Gasteiger partial charge on any atom is 0.239 e. The highest BCUT2D eigenvalue weighted by Gasteiger charge is 2.37. The Kier molecular flexibility index (Phi) is 5.45. The van der Waals surface area contributed by atoms with Crippen molar-refractivity contribution in [2.24, 2.45) is 5.92 Å². The van der Waals surface area contributed by atoms with E-state index in [2.05, 4.69) is 10.2 Å². The Balaban J connectivity index is 1.49. The molecule has 0 radical (unpaired) electrons. The van der Waals surface area contributed by atoms with E-state index in [0.717, 1.165) is 19.6 Å². The van der Waals surface area contributed by atoms with Gasteiger partial charge in [-0.2, -0.15) is 0 Å². The van der Waals surface area contributed by atoms with Crippen molar-refractivity contribution in [3.63, 3.8) is 0 Å². The minimum Gasteiger partial charge on any atom is -0.354 e. The quantitative estimate of drug-likeness (QED) is 0.836. The van der Waals surface area contributed by atoms with E-state index in [1.807, 2.05) is 0 Å². The predicted octanol–water partition coefficient (Wildman–Crippen LogP) is 1.78. The van der Waals surface area contributed by atoms with Gasteiger partial charge in [-0.1, -0.05) is 6.42 Å². The summed E-state index contributed by atoms with van der Waals surface area (Å²) in [6.07, 6.45) is 4.24. The second kappa shape index (κ2) is 7.75. The predicted molar refractivity (Wildman–Crippen MR) is 90.2 cm³/mol. The monoisotopic (exact) mass is 333 g/mol. The van der Waals surface area contributed by atoms with Crippen molar-refractivity contribution in [1.29, 1.82) is 0 Å². The number of carbonyl (C=O) groups excluding carboxylic acids is 2. The summed E-state index contributed by atoms with van der Waals surface area (Å²) < 4.78 is 13.0. The zero-order valence-corrected chi connectivity index (χ0v) is 13.8. The van der Waals surface area contributed by atoms with Crippen LogP contribution >= 0.6 is 0 Å². The van der Waals surface area contributed by atoms with Gasteiger partial charge in [0.05, 0.1) is 0 Å². The fourth-order valence-corrected chi connectivity index (χ4v) is 3.44. The molecule has 3 rings (SSSR count). The van der Waals surface area contributed by atoms with Crippen molar-refractivity contribution >= 4 is 17.5 Å². The van der Waals surface area contributed by atoms with Crippen LogP contribution in [0.1, 0.15) is 25.7 Å². The van der Waals surface area contributed by atoms with Crippen molar-refractivity contribution in [2.75, 3.05) is 37.6 Å². The third-order valence-corrected chi connectivity index (χ3v) is 4.84. The molecule has 2 heterocycles. The highest BCUT2D eigenvalue weighted by Crippen LogP contribution is 2.25. The van der Waals surface area contributed by atoms with Crippen molar-refractivity contribution in [3.05, 3.63) is 30.1 Å². The summed E-state index contributed by atoms with van der Waals surface area (Å²) in [5, 5.41) is 2.90. The number of rotatable bonds is 5. The van der Waals surface area contributed by atoms with E-state index >= 15 is 0 Å². The van der Waals surface area contributed by atoms with Crippen molar-refractivity contribution in [1.82, 2.24) is 10.2 Å². The van der Waals surface area contributed by atoms with Gasteiger partial charge in [0, 0.05) is 25.3 Å². The van der Waals surface area contributed by atoms with Crippen LogP contribution in [0.15, 0.2) is 24.3 Å². The molecule has 0 aliphatic carbocycles. The number of nitrogens with zero attached hydrogens (tertiary/aromatic N) is 2. The lowest BCUT2D eigenvalue weighted by molar-refractivity contribution is -0.132. The molecule has 1 aromatic carbocycles. The first-order chi connectivity index (χ1) is 11.6. The van der Waals surface area contributed by atoms with Crippen LogP contribution in [-0.2, 0) is 9.59 Å². The van der Waals surface area contributed by atoms with E-state index in [9.17, 15) is 14.0 Å². The number of nitrogens with one attached hydrogen (secondary N) is 1. The normalized spacial score (nSPS) is 22.0. The summed E-state index contributed by atoms with van der Waals surface area (Å²) in [7, 11) is 0. The van der Waals surface area contributed by atoms with E-state index in [1.165, 1.54) is 31.4 Å². The topological polar surface area (TPSA) is 52.7 Å². The molecule has 130 valence electrons. The number of hydrogen-bond acceptors (Lipinski definition) is 3. The van der Waals surface area contributed by atoms with Gasteiger partial charge in [0.2, 0.25) is 11.8 Å². The molecule has 24 heavy (non-hydrogen) atoms. The van der Waals surface area contributed by atoms with Crippen LogP contribution in [0.4, 0.5) is 10.1 Å². The molecule has 2 saturated heterocycles. The molecule has 6 heteroatoms. The van der Waals surface area contributed by atoms with Gasteiger partial charge in [-0.15, -0.1) is 0 Å². The van der Waals surface area contributed by atoms with E-state index in [-0.39, 0.29) is 17.6 Å². The molecular weight excluding hydrogens is 309 g/mol. The maximum atomic E-state index is 13.0. The number of carbonyl (C=O) groups is 2. The van der Waals surface area contributed by atoms with Gasteiger partial charge < -0.3 is 15.1 Å². The van der Waals surface area contributed by atoms with Crippen molar-refractivity contribution < 1.29 is 14.0 Å². The number of halogens is 1. The lowest BCUT2D eigenvalue weighted by atomic mass is 10.1. The van der Waals surface area contributed by atoms with E-state index < -0.39 is 5.92 Å². The second-order valence-electron chi connectivity index (χ2n) is 6.50. The lowest BCUT2D eigenvalue weighted by Crippen LogP contribution is -2.41. The van der Waals surface area contributed by atoms with Gasteiger partial charge in [0.1, 0.15) is 11.7 Å². The summed E-state index contributed by atoms with van der Waals surface area (Å²) >= 11 is 0. The Morgan fingerprint density at radius 1 is 1.12 bits per heavy atom. The fraction of sp³-hybridized carbons (Fsp3) is 0.556. The molecule has 2 amide bonds. The number of likely N-dealkylation sites (tertiary alicyclic amines) is 1. The molecule has 2 aliphatic heterocycles. The molecule has 2 fully saturated rings. The molecule has 5 nitrogen and oxygen atoms in total. The average Bonchev–Trinajstić information content (AvgIpc) is 2.98. The smallest absolute Gasteiger partial charge is 0.239 e. The molecular formula is C18H24FN3O2. The highest BCUT2D eigenvalue weighted by molar-refractivity contribution is 6.09. The molecule has 0 aromatic heterocycles. The van der Waals surface area contributed by atoms with Crippen LogP contribution in [0.25, 0.3) is 0 Å². The van der Waals surface area contributed by atoms with Gasteiger partial charge >= 0.3 is 0 Å². The van der Waals surface area contributed by atoms with E-state index in [0.29, 0.717) is 25.2 Å². The van der Waals surface area contributed by atoms with Gasteiger partial charge in [-0.3, -0.25) is 9.59 Å². The molecule has 1 unspecified atom stereocenters. The number of amides is 2. The maximum absolute atomic E-state index is 13.0. The number of hydrogen-bond donors (Lipinski definition) is 1. The van der Waals surface area contributed by atoms with Crippen LogP contribution in [0, 0.1) is 11.7 Å². The van der Waals surface area contributed by atoms with Crippen molar-refractivity contribution in [2.45, 2.75) is 25.7 Å². The van der Waals surface area contributed by atoms with Gasteiger partial charge in [0.25, 0.3) is 0 Å². The summed E-state index contributed by atoms with van der Waals surface area (Å²) in [6, 6.07) is 5.80. The Morgan fingerprint density at radius 3 is 2.54 bits per heavy atom. The van der Waals surface area contributed by atoms with Gasteiger partial charge in [-0.05, 0) is 56.6 Å². The van der Waals surface area contributed by atoms with Crippen LogP contribution in [-0.4, -0.2) is 49.4 Å². The third-order valence-electron chi connectivity index (χ3n) is 4.84.